The van der Waals surface area contributed by atoms with Crippen LogP contribution in [0, 0.1) is 0 Å². The first kappa shape index (κ1) is 19.6. The van der Waals surface area contributed by atoms with Crippen LogP contribution in [-0.2, 0) is 21.2 Å². The zero-order valence-electron chi connectivity index (χ0n) is 13.8. The highest BCUT2D eigenvalue weighted by Crippen LogP contribution is 2.30. The highest BCUT2D eigenvalue weighted by Gasteiger charge is 2.23. The van der Waals surface area contributed by atoms with E-state index in [2.05, 4.69) is 5.32 Å². The molecule has 0 atom stereocenters. The summed E-state index contributed by atoms with van der Waals surface area (Å²) in [5.41, 5.74) is 1.82. The zero-order chi connectivity index (χ0) is 18.6. The van der Waals surface area contributed by atoms with Gasteiger partial charge in [0.1, 0.15) is 6.54 Å². The molecule has 8 heteroatoms. The van der Waals surface area contributed by atoms with E-state index in [0.717, 1.165) is 22.5 Å². The van der Waals surface area contributed by atoms with Crippen molar-refractivity contribution >= 4 is 50.5 Å². The van der Waals surface area contributed by atoms with E-state index in [1.807, 2.05) is 19.1 Å². The Morgan fingerprint density at radius 2 is 1.84 bits per heavy atom. The predicted octanol–water partition coefficient (Wildman–Crippen LogP) is 3.96. The predicted molar refractivity (Wildman–Crippen MR) is 103 cm³/mol. The Labute approximate surface area is 157 Å². The molecule has 1 amide bonds. The van der Waals surface area contributed by atoms with Crippen LogP contribution < -0.4 is 9.62 Å². The number of benzene rings is 2. The number of hydrogen-bond acceptors (Lipinski definition) is 3. The number of carbonyl (C=O) groups is 1. The maximum absolute atomic E-state index is 12.4. The Bertz CT molecular complexity index is 885. The Morgan fingerprint density at radius 1 is 1.16 bits per heavy atom. The SMILES string of the molecule is CCc1ccccc1NC(=O)CN(c1ccc(Cl)cc1Cl)S(C)(=O)=O. The lowest BCUT2D eigenvalue weighted by Gasteiger charge is -2.23. The largest absolute Gasteiger partial charge is 0.324 e. The van der Waals surface area contributed by atoms with Crippen LogP contribution in [0.3, 0.4) is 0 Å². The van der Waals surface area contributed by atoms with Crippen LogP contribution in [0.25, 0.3) is 0 Å². The Hall–Kier alpha value is -1.76. The van der Waals surface area contributed by atoms with Crippen molar-refractivity contribution < 1.29 is 13.2 Å². The first-order chi connectivity index (χ1) is 11.7. The fraction of sp³-hybridized carbons (Fsp3) is 0.235. The van der Waals surface area contributed by atoms with E-state index < -0.39 is 22.5 Å². The lowest BCUT2D eigenvalue weighted by Crippen LogP contribution is -2.37. The number of rotatable bonds is 6. The lowest BCUT2D eigenvalue weighted by molar-refractivity contribution is -0.114. The van der Waals surface area contributed by atoms with E-state index in [4.69, 9.17) is 23.2 Å². The Morgan fingerprint density at radius 3 is 2.44 bits per heavy atom. The Kier molecular flexibility index (Phi) is 6.32. The second-order valence-corrected chi connectivity index (χ2v) is 8.17. The third-order valence-electron chi connectivity index (χ3n) is 3.54. The first-order valence-electron chi connectivity index (χ1n) is 7.53. The maximum Gasteiger partial charge on any atom is 0.245 e. The summed E-state index contributed by atoms with van der Waals surface area (Å²) in [5, 5.41) is 3.28. The molecular weight excluding hydrogens is 383 g/mol. The normalized spacial score (nSPS) is 11.2. The van der Waals surface area contributed by atoms with E-state index in [9.17, 15) is 13.2 Å². The van der Waals surface area contributed by atoms with Crippen molar-refractivity contribution in [2.45, 2.75) is 13.3 Å². The number of aryl methyl sites for hydroxylation is 1. The molecule has 1 N–H and O–H groups in total. The third-order valence-corrected chi connectivity index (χ3v) is 5.20. The molecule has 0 aliphatic heterocycles. The summed E-state index contributed by atoms with van der Waals surface area (Å²) in [7, 11) is -3.71. The number of amides is 1. The molecule has 0 saturated carbocycles. The van der Waals surface area contributed by atoms with E-state index in [1.165, 1.54) is 18.2 Å². The van der Waals surface area contributed by atoms with Gasteiger partial charge in [-0.3, -0.25) is 9.10 Å². The molecule has 0 spiro atoms. The van der Waals surface area contributed by atoms with Crippen LogP contribution in [0.4, 0.5) is 11.4 Å². The van der Waals surface area contributed by atoms with Crippen molar-refractivity contribution in [3.05, 3.63) is 58.1 Å². The van der Waals surface area contributed by atoms with Gasteiger partial charge in [-0.05, 0) is 36.2 Å². The second kappa shape index (κ2) is 8.08. The van der Waals surface area contributed by atoms with Gasteiger partial charge in [-0.15, -0.1) is 0 Å². The monoisotopic (exact) mass is 400 g/mol. The number of nitrogens with zero attached hydrogens (tertiary/aromatic N) is 1. The van der Waals surface area contributed by atoms with Gasteiger partial charge in [-0.1, -0.05) is 48.3 Å². The van der Waals surface area contributed by atoms with Gasteiger partial charge in [0.25, 0.3) is 0 Å². The van der Waals surface area contributed by atoms with Crippen LogP contribution >= 0.6 is 23.2 Å². The van der Waals surface area contributed by atoms with Crippen molar-refractivity contribution in [2.24, 2.45) is 0 Å². The number of carbonyl (C=O) groups excluding carboxylic acids is 1. The molecule has 0 heterocycles. The smallest absolute Gasteiger partial charge is 0.245 e. The van der Waals surface area contributed by atoms with E-state index in [1.54, 1.807) is 12.1 Å². The molecule has 0 aliphatic carbocycles. The summed E-state index contributed by atoms with van der Waals surface area (Å²) >= 11 is 12.0. The van der Waals surface area contributed by atoms with Gasteiger partial charge in [-0.2, -0.15) is 0 Å². The van der Waals surface area contributed by atoms with Crippen LogP contribution in [0.15, 0.2) is 42.5 Å². The molecule has 0 saturated heterocycles. The van der Waals surface area contributed by atoms with Crippen molar-refractivity contribution in [3.63, 3.8) is 0 Å². The molecule has 134 valence electrons. The maximum atomic E-state index is 12.4. The molecule has 2 aromatic carbocycles. The average molecular weight is 401 g/mol. The summed E-state index contributed by atoms with van der Waals surface area (Å²) in [4.78, 5) is 12.4. The Balaban J connectivity index is 2.27. The molecule has 0 bridgehead atoms. The average Bonchev–Trinajstić information content (AvgIpc) is 2.53. The minimum absolute atomic E-state index is 0.152. The molecule has 0 unspecified atom stereocenters. The van der Waals surface area contributed by atoms with Crippen molar-refractivity contribution in [2.75, 3.05) is 22.4 Å². The van der Waals surface area contributed by atoms with Gasteiger partial charge in [0, 0.05) is 10.7 Å². The van der Waals surface area contributed by atoms with Crippen LogP contribution in [-0.4, -0.2) is 27.1 Å². The van der Waals surface area contributed by atoms with Gasteiger partial charge < -0.3 is 5.32 Å². The molecule has 0 fully saturated rings. The summed E-state index contributed by atoms with van der Waals surface area (Å²) in [6.45, 7) is 1.58. The quantitative estimate of drug-likeness (QED) is 0.797. The number of hydrogen-bond donors (Lipinski definition) is 1. The van der Waals surface area contributed by atoms with Gasteiger partial charge in [0.15, 0.2) is 0 Å². The van der Waals surface area contributed by atoms with Crippen molar-refractivity contribution in [1.82, 2.24) is 0 Å². The second-order valence-electron chi connectivity index (χ2n) is 5.42. The van der Waals surface area contributed by atoms with Crippen molar-refractivity contribution in [1.29, 1.82) is 0 Å². The molecule has 0 radical (unpaired) electrons. The summed E-state index contributed by atoms with van der Waals surface area (Å²) in [6, 6.07) is 11.8. The van der Waals surface area contributed by atoms with Gasteiger partial charge in [-0.25, -0.2) is 8.42 Å². The number of anilines is 2. The number of nitrogens with one attached hydrogen (secondary N) is 1. The number of halogens is 2. The number of para-hydroxylation sites is 1. The standard InChI is InChI=1S/C17H18Cl2N2O3S/c1-3-12-6-4-5-7-15(12)20-17(22)11-21(25(2,23)24)16-9-8-13(18)10-14(16)19/h4-10H,3,11H2,1-2H3,(H,20,22). The van der Waals surface area contributed by atoms with E-state index in [-0.39, 0.29) is 10.7 Å². The fourth-order valence-electron chi connectivity index (χ4n) is 2.34. The van der Waals surface area contributed by atoms with Crippen LogP contribution in [0.2, 0.25) is 10.0 Å². The third kappa shape index (κ3) is 5.11. The molecule has 2 aromatic rings. The minimum Gasteiger partial charge on any atom is -0.324 e. The van der Waals surface area contributed by atoms with Gasteiger partial charge in [0.2, 0.25) is 15.9 Å². The summed E-state index contributed by atoms with van der Waals surface area (Å²) in [5.74, 6) is -0.461. The fourth-order valence-corrected chi connectivity index (χ4v) is 3.76. The number of sulfonamides is 1. The van der Waals surface area contributed by atoms with Crippen molar-refractivity contribution in [3.8, 4) is 0 Å². The van der Waals surface area contributed by atoms with Gasteiger partial charge >= 0.3 is 0 Å². The molecule has 0 aromatic heterocycles. The lowest BCUT2D eigenvalue weighted by atomic mass is 10.1. The highest BCUT2D eigenvalue weighted by molar-refractivity contribution is 7.92. The van der Waals surface area contributed by atoms with Crippen LogP contribution in [0.1, 0.15) is 12.5 Å². The first-order valence-corrected chi connectivity index (χ1v) is 10.1. The zero-order valence-corrected chi connectivity index (χ0v) is 16.1. The van der Waals surface area contributed by atoms with E-state index in [0.29, 0.717) is 10.7 Å². The minimum atomic E-state index is -3.71. The molecule has 2 rings (SSSR count). The van der Waals surface area contributed by atoms with E-state index >= 15 is 0 Å². The van der Waals surface area contributed by atoms with Crippen LogP contribution in [0.5, 0.6) is 0 Å². The summed E-state index contributed by atoms with van der Waals surface area (Å²) in [6.07, 6.45) is 1.76. The molecular formula is C17H18Cl2N2O3S. The molecule has 25 heavy (non-hydrogen) atoms. The topological polar surface area (TPSA) is 66.5 Å². The van der Waals surface area contributed by atoms with Gasteiger partial charge in [0.05, 0.1) is 17.0 Å². The summed E-state index contributed by atoms with van der Waals surface area (Å²) < 4.78 is 25.2. The highest BCUT2D eigenvalue weighted by atomic mass is 35.5. The molecule has 0 aliphatic rings. The molecule has 5 nitrogen and oxygen atoms in total.